The molecular formula is C16H18O3. The maximum Gasteiger partial charge on any atom is 0.341 e. The Hall–Kier alpha value is -2.29. The molecule has 0 radical (unpaired) electrons. The third kappa shape index (κ3) is 4.84. The summed E-state index contributed by atoms with van der Waals surface area (Å²) in [6.45, 7) is 1.83. The van der Waals surface area contributed by atoms with Crippen LogP contribution in [-0.2, 0) is 14.3 Å². The first-order valence-electron chi connectivity index (χ1n) is 5.90. The van der Waals surface area contributed by atoms with Crippen molar-refractivity contribution in [3.05, 3.63) is 65.5 Å². The van der Waals surface area contributed by atoms with Crippen LogP contribution in [0.15, 0.2) is 59.9 Å². The zero-order valence-corrected chi connectivity index (χ0v) is 11.4. The van der Waals surface area contributed by atoms with E-state index in [9.17, 15) is 4.79 Å². The van der Waals surface area contributed by atoms with E-state index in [1.165, 1.54) is 20.5 Å². The van der Waals surface area contributed by atoms with Crippen molar-refractivity contribution in [2.75, 3.05) is 14.2 Å². The van der Waals surface area contributed by atoms with Crippen LogP contribution in [0, 0.1) is 0 Å². The quantitative estimate of drug-likeness (QED) is 0.351. The summed E-state index contributed by atoms with van der Waals surface area (Å²) in [5.41, 5.74) is 2.28. The highest BCUT2D eigenvalue weighted by Crippen LogP contribution is 2.12. The van der Waals surface area contributed by atoms with Crippen LogP contribution in [0.1, 0.15) is 12.5 Å². The van der Waals surface area contributed by atoms with E-state index in [0.29, 0.717) is 5.57 Å². The van der Waals surface area contributed by atoms with E-state index in [4.69, 9.17) is 9.47 Å². The van der Waals surface area contributed by atoms with Crippen LogP contribution in [0.2, 0.25) is 0 Å². The molecule has 19 heavy (non-hydrogen) atoms. The predicted molar refractivity (Wildman–Crippen MR) is 76.3 cm³/mol. The molecule has 1 rings (SSSR count). The Balaban J connectivity index is 2.83. The van der Waals surface area contributed by atoms with Crippen LogP contribution >= 0.6 is 0 Å². The van der Waals surface area contributed by atoms with Gasteiger partial charge in [-0.05, 0) is 18.1 Å². The average molecular weight is 258 g/mol. The van der Waals surface area contributed by atoms with Gasteiger partial charge in [0.2, 0.25) is 0 Å². The van der Waals surface area contributed by atoms with Crippen molar-refractivity contribution in [1.29, 1.82) is 0 Å². The second-order valence-electron chi connectivity index (χ2n) is 3.88. The van der Waals surface area contributed by atoms with Crippen LogP contribution in [0.3, 0.4) is 0 Å². The number of hydrogen-bond donors (Lipinski definition) is 0. The van der Waals surface area contributed by atoms with Crippen LogP contribution in [-0.4, -0.2) is 20.2 Å². The van der Waals surface area contributed by atoms with E-state index in [2.05, 4.69) is 0 Å². The first kappa shape index (κ1) is 14.8. The lowest BCUT2D eigenvalue weighted by atomic mass is 10.1. The van der Waals surface area contributed by atoms with E-state index < -0.39 is 5.97 Å². The molecule has 0 bridgehead atoms. The van der Waals surface area contributed by atoms with Gasteiger partial charge in [0.1, 0.15) is 0 Å². The third-order valence-corrected chi connectivity index (χ3v) is 2.50. The molecule has 0 heterocycles. The number of ether oxygens (including phenoxy) is 2. The summed E-state index contributed by atoms with van der Waals surface area (Å²) < 4.78 is 9.58. The van der Waals surface area contributed by atoms with E-state index >= 15 is 0 Å². The Morgan fingerprint density at radius 1 is 1.16 bits per heavy atom. The van der Waals surface area contributed by atoms with Crippen LogP contribution in [0.4, 0.5) is 0 Å². The van der Waals surface area contributed by atoms with Crippen molar-refractivity contribution in [3.8, 4) is 0 Å². The first-order chi connectivity index (χ1) is 9.19. The summed E-state index contributed by atoms with van der Waals surface area (Å²) in [5, 5.41) is 0. The average Bonchev–Trinajstić information content (AvgIpc) is 2.45. The second-order valence-corrected chi connectivity index (χ2v) is 3.88. The normalized spacial score (nSPS) is 12.6. The topological polar surface area (TPSA) is 35.5 Å². The molecule has 0 amide bonds. The minimum Gasteiger partial charge on any atom is -0.503 e. The van der Waals surface area contributed by atoms with Gasteiger partial charge in [0.25, 0.3) is 0 Å². The SMILES string of the molecule is CO/C=C(C(=O)OC)/C(C)=C/C=C/c1ccccc1. The summed E-state index contributed by atoms with van der Waals surface area (Å²) >= 11 is 0. The standard InChI is InChI=1S/C16H18O3/c1-13(15(12-18-2)16(17)19-3)8-7-11-14-9-5-4-6-10-14/h4-12H,1-3H3/b11-7+,13-8+,15-12-. The number of hydrogen-bond acceptors (Lipinski definition) is 3. The third-order valence-electron chi connectivity index (χ3n) is 2.50. The Morgan fingerprint density at radius 3 is 2.42 bits per heavy atom. The van der Waals surface area contributed by atoms with Gasteiger partial charge in [0.05, 0.1) is 26.1 Å². The van der Waals surface area contributed by atoms with E-state index in [1.807, 2.05) is 55.5 Å². The smallest absolute Gasteiger partial charge is 0.341 e. The molecule has 0 aliphatic carbocycles. The maximum atomic E-state index is 11.5. The number of allylic oxidation sites excluding steroid dienone is 2. The van der Waals surface area contributed by atoms with E-state index in [0.717, 1.165) is 11.1 Å². The summed E-state index contributed by atoms with van der Waals surface area (Å²) in [7, 11) is 2.84. The highest BCUT2D eigenvalue weighted by molar-refractivity contribution is 5.92. The summed E-state index contributed by atoms with van der Waals surface area (Å²) in [6, 6.07) is 9.93. The number of esters is 1. The van der Waals surface area contributed by atoms with E-state index in [-0.39, 0.29) is 0 Å². The van der Waals surface area contributed by atoms with Crippen LogP contribution < -0.4 is 0 Å². The number of carbonyl (C=O) groups excluding carboxylic acids is 1. The minimum atomic E-state index is -0.413. The summed E-state index contributed by atoms with van der Waals surface area (Å²) in [6.07, 6.45) is 7.07. The molecule has 3 nitrogen and oxygen atoms in total. The molecule has 3 heteroatoms. The van der Waals surface area contributed by atoms with Gasteiger partial charge >= 0.3 is 5.97 Å². The van der Waals surface area contributed by atoms with Gasteiger partial charge < -0.3 is 9.47 Å². The Labute approximate surface area is 113 Å². The Morgan fingerprint density at radius 2 is 1.84 bits per heavy atom. The van der Waals surface area contributed by atoms with Gasteiger partial charge in [-0.3, -0.25) is 0 Å². The van der Waals surface area contributed by atoms with Gasteiger partial charge in [-0.1, -0.05) is 48.6 Å². The van der Waals surface area contributed by atoms with E-state index in [1.54, 1.807) is 0 Å². The highest BCUT2D eigenvalue weighted by atomic mass is 16.5. The lowest BCUT2D eigenvalue weighted by molar-refractivity contribution is -0.135. The minimum absolute atomic E-state index is 0.405. The molecule has 0 spiro atoms. The molecule has 0 unspecified atom stereocenters. The van der Waals surface area contributed by atoms with Crippen molar-refractivity contribution in [2.45, 2.75) is 6.92 Å². The number of benzene rings is 1. The molecule has 0 aliphatic rings. The van der Waals surface area contributed by atoms with Crippen molar-refractivity contribution in [2.24, 2.45) is 0 Å². The molecule has 0 saturated heterocycles. The molecule has 0 aromatic heterocycles. The Bertz CT molecular complexity index is 496. The highest BCUT2D eigenvalue weighted by Gasteiger charge is 2.11. The monoisotopic (exact) mass is 258 g/mol. The van der Waals surface area contributed by atoms with Crippen molar-refractivity contribution < 1.29 is 14.3 Å². The largest absolute Gasteiger partial charge is 0.503 e. The summed E-state index contributed by atoms with van der Waals surface area (Å²) in [5.74, 6) is -0.413. The molecule has 0 saturated carbocycles. The molecule has 0 atom stereocenters. The van der Waals surface area contributed by atoms with Crippen LogP contribution in [0.25, 0.3) is 6.08 Å². The predicted octanol–water partition coefficient (Wildman–Crippen LogP) is 3.35. The molecular weight excluding hydrogens is 240 g/mol. The second kappa shape index (κ2) is 7.93. The summed E-state index contributed by atoms with van der Waals surface area (Å²) in [4.78, 5) is 11.5. The lowest BCUT2D eigenvalue weighted by Gasteiger charge is -2.04. The number of methoxy groups -OCH3 is 2. The van der Waals surface area contributed by atoms with Crippen molar-refractivity contribution >= 4 is 12.0 Å². The van der Waals surface area contributed by atoms with Gasteiger partial charge in [0.15, 0.2) is 0 Å². The molecule has 0 fully saturated rings. The fourth-order valence-corrected chi connectivity index (χ4v) is 1.49. The molecule has 0 aliphatic heterocycles. The zero-order chi connectivity index (χ0) is 14.1. The van der Waals surface area contributed by atoms with Crippen molar-refractivity contribution in [1.82, 2.24) is 0 Å². The van der Waals surface area contributed by atoms with Gasteiger partial charge in [-0.15, -0.1) is 0 Å². The van der Waals surface area contributed by atoms with Gasteiger partial charge in [0, 0.05) is 0 Å². The number of carbonyl (C=O) groups is 1. The van der Waals surface area contributed by atoms with Crippen molar-refractivity contribution in [3.63, 3.8) is 0 Å². The van der Waals surface area contributed by atoms with Gasteiger partial charge in [-0.2, -0.15) is 0 Å². The Kier molecular flexibility index (Phi) is 6.16. The molecule has 100 valence electrons. The van der Waals surface area contributed by atoms with Gasteiger partial charge in [-0.25, -0.2) is 4.79 Å². The number of rotatable bonds is 5. The molecule has 1 aromatic carbocycles. The molecule has 0 N–H and O–H groups in total. The maximum absolute atomic E-state index is 11.5. The van der Waals surface area contributed by atoms with Crippen LogP contribution in [0.5, 0.6) is 0 Å². The fourth-order valence-electron chi connectivity index (χ4n) is 1.49. The first-order valence-corrected chi connectivity index (χ1v) is 5.90. The lowest BCUT2D eigenvalue weighted by Crippen LogP contribution is -2.06. The molecule has 1 aromatic rings. The zero-order valence-electron chi connectivity index (χ0n) is 11.4. The fraction of sp³-hybridized carbons (Fsp3) is 0.188.